The number of ether oxygens (including phenoxy) is 1. The second-order valence-corrected chi connectivity index (χ2v) is 8.46. The molecule has 0 aromatic heterocycles. The minimum atomic E-state index is -1.15. The third kappa shape index (κ3) is 7.95. The summed E-state index contributed by atoms with van der Waals surface area (Å²) in [7, 11) is 0. The number of carbonyl (C=O) groups is 2. The van der Waals surface area contributed by atoms with Crippen LogP contribution in [0.3, 0.4) is 0 Å². The molecule has 3 rings (SSSR count). The molecule has 0 radical (unpaired) electrons. The number of carbonyl (C=O) groups excluding carboxylic acids is 1. The van der Waals surface area contributed by atoms with Crippen molar-refractivity contribution in [2.75, 3.05) is 18.4 Å². The largest absolute Gasteiger partial charge is 0.478 e. The van der Waals surface area contributed by atoms with E-state index in [1.54, 1.807) is 17.0 Å². The molecule has 2 aromatic rings. The molecule has 0 saturated heterocycles. The van der Waals surface area contributed by atoms with Gasteiger partial charge in [0.25, 0.3) is 5.69 Å². The lowest BCUT2D eigenvalue weighted by Gasteiger charge is -2.36. The molecular weight excluding hydrogens is 480 g/mol. The summed E-state index contributed by atoms with van der Waals surface area (Å²) in [4.78, 5) is 40.7. The molecule has 0 aliphatic carbocycles. The van der Waals surface area contributed by atoms with E-state index in [2.05, 4.69) is 20.9 Å². The number of aliphatic carboxylic acids is 1. The number of anilines is 1. The van der Waals surface area contributed by atoms with Crippen molar-refractivity contribution in [2.45, 2.75) is 39.2 Å². The molecule has 1 aliphatic rings. The summed E-state index contributed by atoms with van der Waals surface area (Å²) >= 11 is 0. The smallest absolute Gasteiger partial charge is 0.407 e. The Morgan fingerprint density at radius 2 is 1.92 bits per heavy atom. The van der Waals surface area contributed by atoms with Crippen LogP contribution in [-0.2, 0) is 16.1 Å². The average molecular weight is 511 g/mol. The Morgan fingerprint density at radius 3 is 2.59 bits per heavy atom. The van der Waals surface area contributed by atoms with Crippen LogP contribution in [0.15, 0.2) is 71.4 Å². The molecule has 0 saturated carbocycles. The highest BCUT2D eigenvalue weighted by atomic mass is 16.6. The van der Waals surface area contributed by atoms with E-state index in [0.29, 0.717) is 25.2 Å². The third-order valence-electron chi connectivity index (χ3n) is 5.37. The van der Waals surface area contributed by atoms with E-state index in [0.717, 1.165) is 5.56 Å². The number of amides is 1. The summed E-state index contributed by atoms with van der Waals surface area (Å²) in [6.07, 6.45) is 0.747. The lowest BCUT2D eigenvalue weighted by atomic mass is 10.2. The number of non-ortho nitro benzene ring substituents is 1. The number of alkyl carbamates (subject to hydrolysis) is 1. The van der Waals surface area contributed by atoms with Crippen LogP contribution >= 0.6 is 0 Å². The van der Waals surface area contributed by atoms with Crippen LogP contribution in [0.5, 0.6) is 0 Å². The maximum Gasteiger partial charge on any atom is 0.407 e. The van der Waals surface area contributed by atoms with Crippen molar-refractivity contribution in [3.8, 4) is 0 Å². The average Bonchev–Trinajstić information content (AvgIpc) is 2.87. The highest BCUT2D eigenvalue weighted by Crippen LogP contribution is 2.22. The molecule has 196 valence electrons. The second-order valence-electron chi connectivity index (χ2n) is 8.46. The van der Waals surface area contributed by atoms with Crippen molar-refractivity contribution < 1.29 is 24.4 Å². The number of nitrogens with one attached hydrogen (secondary N) is 3. The monoisotopic (exact) mass is 510 g/mol. The van der Waals surface area contributed by atoms with E-state index in [1.807, 2.05) is 44.2 Å². The summed E-state index contributed by atoms with van der Waals surface area (Å²) in [6.45, 7) is 4.59. The molecular formula is C25H30N6O6. The fourth-order valence-electron chi connectivity index (χ4n) is 3.49. The number of amidine groups is 1. The van der Waals surface area contributed by atoms with Crippen molar-refractivity contribution in [2.24, 2.45) is 4.99 Å². The third-order valence-corrected chi connectivity index (χ3v) is 5.37. The zero-order valence-corrected chi connectivity index (χ0v) is 20.6. The number of nitro groups is 1. The van der Waals surface area contributed by atoms with Crippen LogP contribution in [-0.4, -0.2) is 58.2 Å². The van der Waals surface area contributed by atoms with Crippen LogP contribution in [0, 0.1) is 10.1 Å². The van der Waals surface area contributed by atoms with Gasteiger partial charge in [-0.25, -0.2) is 14.6 Å². The number of aliphatic imine (C=N–C) groups is 1. The van der Waals surface area contributed by atoms with Crippen LogP contribution in [0.1, 0.15) is 25.8 Å². The van der Waals surface area contributed by atoms with Crippen molar-refractivity contribution in [1.29, 1.82) is 0 Å². The molecule has 1 heterocycles. The maximum absolute atomic E-state index is 11.9. The molecule has 12 nitrogen and oxygen atoms in total. The molecule has 0 fully saturated rings. The summed E-state index contributed by atoms with van der Waals surface area (Å²) in [5.74, 6) is -0.979. The van der Waals surface area contributed by atoms with Gasteiger partial charge in [0.05, 0.1) is 4.92 Å². The first-order valence-electron chi connectivity index (χ1n) is 11.7. The predicted octanol–water partition coefficient (Wildman–Crippen LogP) is 3.29. The van der Waals surface area contributed by atoms with Gasteiger partial charge in [0.2, 0.25) is 0 Å². The SMILES string of the molecule is CC(C)N1C=C(C(=O)O)C(NCCCNC(=O)OCc2ccccc2)=NC1Nc1cccc([N+](=O)[O-])c1. The zero-order valence-electron chi connectivity index (χ0n) is 20.6. The van der Waals surface area contributed by atoms with Gasteiger partial charge < -0.3 is 30.7 Å². The van der Waals surface area contributed by atoms with E-state index in [4.69, 9.17) is 4.74 Å². The molecule has 2 aromatic carbocycles. The van der Waals surface area contributed by atoms with Crippen molar-refractivity contribution in [3.05, 3.63) is 82.0 Å². The van der Waals surface area contributed by atoms with Gasteiger partial charge in [0.1, 0.15) is 18.0 Å². The van der Waals surface area contributed by atoms with Crippen LogP contribution in [0.4, 0.5) is 16.2 Å². The summed E-state index contributed by atoms with van der Waals surface area (Å²) < 4.78 is 5.16. The first-order chi connectivity index (χ1) is 17.7. The molecule has 1 amide bonds. The molecule has 1 atom stereocenters. The van der Waals surface area contributed by atoms with Crippen molar-refractivity contribution in [3.63, 3.8) is 0 Å². The number of carboxylic acids is 1. The van der Waals surface area contributed by atoms with Crippen LogP contribution < -0.4 is 16.0 Å². The Hall–Kier alpha value is -4.61. The van der Waals surface area contributed by atoms with Crippen molar-refractivity contribution in [1.82, 2.24) is 15.5 Å². The molecule has 12 heteroatoms. The van der Waals surface area contributed by atoms with Gasteiger partial charge >= 0.3 is 12.1 Å². The minimum Gasteiger partial charge on any atom is -0.478 e. The van der Waals surface area contributed by atoms with Gasteiger partial charge in [-0.15, -0.1) is 0 Å². The molecule has 1 aliphatic heterocycles. The predicted molar refractivity (Wildman–Crippen MR) is 138 cm³/mol. The van der Waals surface area contributed by atoms with Crippen LogP contribution in [0.2, 0.25) is 0 Å². The maximum atomic E-state index is 11.9. The first-order valence-corrected chi connectivity index (χ1v) is 11.7. The van der Waals surface area contributed by atoms with Gasteiger partial charge in [0.15, 0.2) is 6.29 Å². The summed E-state index contributed by atoms with van der Waals surface area (Å²) in [6, 6.07) is 15.2. The lowest BCUT2D eigenvalue weighted by Crippen LogP contribution is -2.47. The fourth-order valence-corrected chi connectivity index (χ4v) is 3.49. The number of hydrogen-bond donors (Lipinski definition) is 4. The fraction of sp³-hybridized carbons (Fsp3) is 0.320. The Kier molecular flexibility index (Phi) is 9.41. The van der Waals surface area contributed by atoms with Crippen molar-refractivity contribution >= 4 is 29.3 Å². The number of carboxylic acid groups (broad SMARTS) is 1. The second kappa shape index (κ2) is 12.9. The number of nitrogens with zero attached hydrogens (tertiary/aromatic N) is 3. The zero-order chi connectivity index (χ0) is 26.8. The van der Waals surface area contributed by atoms with E-state index < -0.39 is 23.3 Å². The minimum absolute atomic E-state index is 0.0129. The molecule has 0 spiro atoms. The molecule has 37 heavy (non-hydrogen) atoms. The Labute approximate surface area is 214 Å². The van der Waals surface area contributed by atoms with Gasteiger partial charge in [-0.05, 0) is 31.9 Å². The number of rotatable bonds is 11. The number of nitro benzene ring substituents is 1. The molecule has 0 bridgehead atoms. The summed E-state index contributed by atoms with van der Waals surface area (Å²) in [5.41, 5.74) is 1.27. The van der Waals surface area contributed by atoms with Crippen LogP contribution in [0.25, 0.3) is 0 Å². The highest BCUT2D eigenvalue weighted by Gasteiger charge is 2.28. The standard InChI is InChI=1S/C25H30N6O6/c1-17(2)30-15-21(23(32)33)22(29-24(30)28-19-10-6-11-20(14-19)31(35)36)26-12-7-13-27-25(34)37-16-18-8-4-3-5-9-18/h3-6,8-11,14-15,17,24,28H,7,12-13,16H2,1-2H3,(H,26,29)(H,27,34)(H,32,33). The molecule has 4 N–H and O–H groups in total. The first kappa shape index (κ1) is 27.0. The van der Waals surface area contributed by atoms with Gasteiger partial charge in [0, 0.05) is 43.2 Å². The quantitative estimate of drug-likeness (QED) is 0.202. The van der Waals surface area contributed by atoms with Gasteiger partial charge in [-0.3, -0.25) is 10.1 Å². The van der Waals surface area contributed by atoms with E-state index in [-0.39, 0.29) is 29.7 Å². The topological polar surface area (TPSA) is 158 Å². The number of hydrogen-bond acceptors (Lipinski definition) is 9. The van der Waals surface area contributed by atoms with Gasteiger partial charge in [-0.1, -0.05) is 36.4 Å². The van der Waals surface area contributed by atoms with E-state index in [9.17, 15) is 24.8 Å². The van der Waals surface area contributed by atoms with Gasteiger partial charge in [-0.2, -0.15) is 0 Å². The Morgan fingerprint density at radius 1 is 1.16 bits per heavy atom. The van der Waals surface area contributed by atoms with E-state index in [1.165, 1.54) is 18.3 Å². The molecule has 1 unspecified atom stereocenters. The highest BCUT2D eigenvalue weighted by molar-refractivity contribution is 6.18. The Balaban J connectivity index is 1.58. The summed E-state index contributed by atoms with van der Waals surface area (Å²) in [5, 5.41) is 29.7. The normalized spacial score (nSPS) is 14.9. The number of benzene rings is 2. The van der Waals surface area contributed by atoms with E-state index >= 15 is 0 Å². The lowest BCUT2D eigenvalue weighted by molar-refractivity contribution is -0.384. The Bertz CT molecular complexity index is 1170.